The van der Waals surface area contributed by atoms with Gasteiger partial charge in [-0.1, -0.05) is 18.9 Å². The molecule has 2 amide bonds. The number of piperidine rings is 1. The number of nitrogens with two attached hydrogens (primary N) is 1. The third kappa shape index (κ3) is 7.17. The van der Waals surface area contributed by atoms with Gasteiger partial charge < -0.3 is 31.2 Å². The lowest BCUT2D eigenvalue weighted by Crippen LogP contribution is -2.44. The predicted octanol–water partition coefficient (Wildman–Crippen LogP) is 5.45. The molecule has 1 saturated heterocycles. The molecule has 3 heterocycles. The molecular weight excluding hydrogens is 575 g/mol. The van der Waals surface area contributed by atoms with E-state index in [-0.39, 0.29) is 42.9 Å². The Kier molecular flexibility index (Phi) is 10.7. The number of carbonyl (C=O) groups excluding carboxylic acids is 1. The topological polar surface area (TPSA) is 150 Å². The molecule has 0 spiro atoms. The first-order chi connectivity index (χ1) is 19.6. The van der Waals surface area contributed by atoms with Crippen LogP contribution in [0.4, 0.5) is 22.2 Å². The van der Waals surface area contributed by atoms with Crippen LogP contribution in [0.3, 0.4) is 0 Å². The van der Waals surface area contributed by atoms with Gasteiger partial charge in [-0.3, -0.25) is 0 Å². The normalized spacial score (nSPS) is 21.2. The molecule has 5 N–H and O–H groups in total. The van der Waals surface area contributed by atoms with Crippen LogP contribution in [0, 0.1) is 11.3 Å². The first-order valence-corrected chi connectivity index (χ1v) is 14.6. The largest absolute Gasteiger partial charge is 0.365 e. The average Bonchev–Trinajstić information content (AvgIpc) is 3.65. The van der Waals surface area contributed by atoms with E-state index in [0.29, 0.717) is 42.4 Å². The molecule has 13 heteroatoms. The molecule has 0 unspecified atom stereocenters. The van der Waals surface area contributed by atoms with Gasteiger partial charge in [0.2, 0.25) is 5.95 Å². The molecule has 1 aromatic carbocycles. The van der Waals surface area contributed by atoms with E-state index >= 15 is 0 Å². The third-order valence-corrected chi connectivity index (χ3v) is 8.61. The molecule has 0 atom stereocenters. The standard InChI is InChI=1S/C29H38N10O.2ClH/c30-17-19-4-3-5-23(16-19)35-29(40)38-14-12-22(13-15-38)33-26-25-27(39(18-32-25)24-6-1-2-7-24)37-28(36-26)34-21-10-8-20(31)9-11-21;;/h3-5,16,18,20-22,24H,1-2,6-15,31H2,(H,35,40)(H2,33,34,36,37);2*1H. The van der Waals surface area contributed by atoms with Gasteiger partial charge in [-0.25, -0.2) is 9.78 Å². The Bertz CT molecular complexity index is 1390. The molecule has 1 aliphatic heterocycles. The fraction of sp³-hybridized carbons (Fsp3) is 0.552. The van der Waals surface area contributed by atoms with E-state index in [4.69, 9.17) is 25.9 Å². The van der Waals surface area contributed by atoms with Crippen molar-refractivity contribution in [2.24, 2.45) is 5.73 Å². The summed E-state index contributed by atoms with van der Waals surface area (Å²) >= 11 is 0. The molecule has 2 aliphatic carbocycles. The highest BCUT2D eigenvalue weighted by atomic mass is 35.5. The Morgan fingerprint density at radius 2 is 1.67 bits per heavy atom. The number of nitrogens with one attached hydrogen (secondary N) is 3. The van der Waals surface area contributed by atoms with Crippen molar-refractivity contribution in [1.82, 2.24) is 24.4 Å². The highest BCUT2D eigenvalue weighted by molar-refractivity contribution is 5.89. The van der Waals surface area contributed by atoms with Crippen molar-refractivity contribution in [3.63, 3.8) is 0 Å². The molecule has 0 radical (unpaired) electrons. The van der Waals surface area contributed by atoms with Gasteiger partial charge in [-0.2, -0.15) is 15.2 Å². The minimum Gasteiger partial charge on any atom is -0.365 e. The molecule has 2 aromatic heterocycles. The van der Waals surface area contributed by atoms with E-state index in [1.165, 1.54) is 12.8 Å². The van der Waals surface area contributed by atoms with E-state index in [9.17, 15) is 4.79 Å². The first-order valence-electron chi connectivity index (χ1n) is 14.6. The van der Waals surface area contributed by atoms with E-state index in [2.05, 4.69) is 26.6 Å². The van der Waals surface area contributed by atoms with Gasteiger partial charge in [0.15, 0.2) is 17.0 Å². The molecule has 11 nitrogen and oxygen atoms in total. The van der Waals surface area contributed by atoms with Crippen LogP contribution < -0.4 is 21.7 Å². The maximum atomic E-state index is 12.9. The summed E-state index contributed by atoms with van der Waals surface area (Å²) in [7, 11) is 0. The summed E-state index contributed by atoms with van der Waals surface area (Å²) in [6.45, 7) is 1.25. The van der Waals surface area contributed by atoms with Crippen LogP contribution in [0.1, 0.15) is 75.8 Å². The summed E-state index contributed by atoms with van der Waals surface area (Å²) in [5.41, 5.74) is 8.97. The monoisotopic (exact) mass is 614 g/mol. The number of hydrogen-bond acceptors (Lipinski definition) is 8. The van der Waals surface area contributed by atoms with Crippen LogP contribution in [0.15, 0.2) is 30.6 Å². The van der Waals surface area contributed by atoms with Gasteiger partial charge >= 0.3 is 6.03 Å². The summed E-state index contributed by atoms with van der Waals surface area (Å²) in [6.07, 6.45) is 12.4. The van der Waals surface area contributed by atoms with Gasteiger partial charge in [-0.15, -0.1) is 24.8 Å². The summed E-state index contributed by atoms with van der Waals surface area (Å²) in [5, 5.41) is 19.3. The number of carbonyl (C=O) groups is 1. The van der Waals surface area contributed by atoms with Crippen LogP contribution in [-0.2, 0) is 0 Å². The van der Waals surface area contributed by atoms with Crippen LogP contribution in [-0.4, -0.2) is 61.7 Å². The average molecular weight is 616 g/mol. The van der Waals surface area contributed by atoms with E-state index < -0.39 is 0 Å². The quantitative estimate of drug-likeness (QED) is 0.286. The zero-order chi connectivity index (χ0) is 27.5. The fourth-order valence-electron chi connectivity index (χ4n) is 6.27. The minimum absolute atomic E-state index is 0. The molecule has 2 saturated carbocycles. The van der Waals surface area contributed by atoms with Crippen molar-refractivity contribution in [3.05, 3.63) is 36.2 Å². The van der Waals surface area contributed by atoms with Crippen molar-refractivity contribution in [2.45, 2.75) is 88.4 Å². The van der Waals surface area contributed by atoms with E-state index in [1.54, 1.807) is 24.3 Å². The molecular formula is C29H40Cl2N10O. The molecule has 3 fully saturated rings. The fourth-order valence-corrected chi connectivity index (χ4v) is 6.27. The number of nitriles is 1. The van der Waals surface area contributed by atoms with E-state index in [0.717, 1.165) is 68.3 Å². The maximum absolute atomic E-state index is 12.9. The summed E-state index contributed by atoms with van der Waals surface area (Å²) < 4.78 is 2.24. The molecule has 42 heavy (non-hydrogen) atoms. The number of urea groups is 1. The highest BCUT2D eigenvalue weighted by Crippen LogP contribution is 2.34. The Hall–Kier alpha value is -3.33. The van der Waals surface area contributed by atoms with E-state index in [1.807, 2.05) is 11.2 Å². The van der Waals surface area contributed by atoms with Crippen molar-refractivity contribution in [1.29, 1.82) is 5.26 Å². The number of halogens is 2. The Morgan fingerprint density at radius 1 is 0.952 bits per heavy atom. The number of likely N-dealkylation sites (tertiary alicyclic amines) is 1. The molecule has 6 rings (SSSR count). The molecule has 226 valence electrons. The highest BCUT2D eigenvalue weighted by Gasteiger charge is 2.27. The number of nitrogens with zero attached hydrogens (tertiary/aromatic N) is 6. The number of hydrogen-bond donors (Lipinski definition) is 4. The second-order valence-corrected chi connectivity index (χ2v) is 11.4. The number of anilines is 3. The van der Waals surface area contributed by atoms with Crippen LogP contribution >= 0.6 is 24.8 Å². The predicted molar refractivity (Wildman–Crippen MR) is 170 cm³/mol. The Balaban J connectivity index is 0.00000202. The summed E-state index contributed by atoms with van der Waals surface area (Å²) in [6, 6.07) is 10.2. The van der Waals surface area contributed by atoms with Gasteiger partial charge in [0, 0.05) is 42.9 Å². The van der Waals surface area contributed by atoms with Crippen LogP contribution in [0.25, 0.3) is 11.2 Å². The Labute approximate surface area is 258 Å². The lowest BCUT2D eigenvalue weighted by Gasteiger charge is -2.32. The number of rotatable bonds is 6. The molecule has 3 aromatic rings. The lowest BCUT2D eigenvalue weighted by molar-refractivity contribution is 0.197. The van der Waals surface area contributed by atoms with Crippen molar-refractivity contribution < 1.29 is 4.79 Å². The first kappa shape index (κ1) is 31.6. The third-order valence-electron chi connectivity index (χ3n) is 8.61. The second kappa shape index (κ2) is 14.2. The van der Waals surface area contributed by atoms with Gasteiger partial charge in [-0.05, 0) is 69.6 Å². The summed E-state index contributed by atoms with van der Waals surface area (Å²) in [4.78, 5) is 29.3. The molecule has 3 aliphatic rings. The number of aromatic nitrogens is 4. The van der Waals surface area contributed by atoms with Crippen LogP contribution in [0.5, 0.6) is 0 Å². The SMILES string of the molecule is Cl.Cl.N#Cc1cccc(NC(=O)N2CCC(Nc3nc(NC4CCC(N)CC4)nc4c3ncn4C3CCCC3)CC2)c1. The number of benzene rings is 1. The zero-order valence-electron chi connectivity index (χ0n) is 23.7. The van der Waals surface area contributed by atoms with Crippen molar-refractivity contribution in [2.75, 3.05) is 29.0 Å². The number of fused-ring (bicyclic) bond motifs is 1. The second-order valence-electron chi connectivity index (χ2n) is 11.4. The van der Waals surface area contributed by atoms with Crippen LogP contribution in [0.2, 0.25) is 0 Å². The summed E-state index contributed by atoms with van der Waals surface area (Å²) in [5.74, 6) is 1.40. The number of amides is 2. The van der Waals surface area contributed by atoms with Gasteiger partial charge in [0.1, 0.15) is 0 Å². The van der Waals surface area contributed by atoms with Gasteiger partial charge in [0.25, 0.3) is 0 Å². The minimum atomic E-state index is -0.146. The van der Waals surface area contributed by atoms with Crippen molar-refractivity contribution >= 4 is 59.5 Å². The molecule has 0 bridgehead atoms. The zero-order valence-corrected chi connectivity index (χ0v) is 25.3. The maximum Gasteiger partial charge on any atom is 0.321 e. The smallest absolute Gasteiger partial charge is 0.321 e. The lowest BCUT2D eigenvalue weighted by atomic mass is 9.92. The van der Waals surface area contributed by atoms with Crippen molar-refractivity contribution in [3.8, 4) is 6.07 Å². The number of imidazole rings is 1. The Morgan fingerprint density at radius 3 is 2.38 bits per heavy atom. The van der Waals surface area contributed by atoms with Gasteiger partial charge in [0.05, 0.1) is 18.0 Å².